The summed E-state index contributed by atoms with van der Waals surface area (Å²) in [7, 11) is -5.90. The molecule has 4 fully saturated rings. The van der Waals surface area contributed by atoms with Crippen LogP contribution in [0, 0.1) is 29.4 Å². The van der Waals surface area contributed by atoms with E-state index in [0.717, 1.165) is 35.6 Å². The molecule has 9 rings (SSSR count). The van der Waals surface area contributed by atoms with E-state index < -0.39 is 109 Å². The second kappa shape index (κ2) is 26.0. The number of imide groups is 1. The van der Waals surface area contributed by atoms with Crippen molar-refractivity contribution < 1.29 is 79.8 Å². The van der Waals surface area contributed by atoms with E-state index in [4.69, 9.17) is 10.5 Å². The largest absolute Gasteiger partial charge is 0.428 e. The molecule has 0 spiro atoms. The molecule has 4 aromatic rings. The first-order chi connectivity index (χ1) is 40.5. The van der Waals surface area contributed by atoms with Gasteiger partial charge in [-0.05, 0) is 129 Å². The molecule has 5 aliphatic heterocycles. The smallest absolute Gasteiger partial charge is 0.406 e. The molecule has 5 aliphatic rings. The van der Waals surface area contributed by atoms with Crippen molar-refractivity contribution in [3.05, 3.63) is 105 Å². The average Bonchev–Trinajstić information content (AvgIpc) is 3.83. The Balaban J connectivity index is 0.868. The predicted molar refractivity (Wildman–Crippen MR) is 297 cm³/mol. The van der Waals surface area contributed by atoms with Gasteiger partial charge in [0.15, 0.2) is 17.9 Å². The Bertz CT molecular complexity index is 3420. The molecule has 0 saturated carbocycles. The number of thiophene rings is 1. The minimum absolute atomic E-state index is 0.00552. The molecule has 8 N–H and O–H groups in total. The monoisotopic (exact) mass is 1220 g/mol. The highest BCUT2D eigenvalue weighted by Gasteiger charge is 2.51. The van der Waals surface area contributed by atoms with Gasteiger partial charge in [0.2, 0.25) is 23.6 Å². The lowest BCUT2D eigenvalue weighted by molar-refractivity contribution is -0.144. The number of piperidine rings is 2. The highest BCUT2D eigenvalue weighted by atomic mass is 32.1. The fourth-order valence-electron chi connectivity index (χ4n) is 12.0. The number of fused-ring (bicyclic) bond motifs is 3. The molecule has 0 bridgehead atoms. The summed E-state index contributed by atoms with van der Waals surface area (Å²) in [6.07, 6.45) is 0.819. The molecule has 85 heavy (non-hydrogen) atoms. The highest BCUT2D eigenvalue weighted by molar-refractivity contribution is 7.52. The number of likely N-dealkylation sites (N-methyl/N-ethyl adjacent to an activating group) is 1. The molecule has 3 aromatic carbocycles. The number of nitrogens with zero attached hydrogens (tertiary/aromatic N) is 4. The van der Waals surface area contributed by atoms with Crippen LogP contribution in [0.3, 0.4) is 0 Å². The van der Waals surface area contributed by atoms with E-state index in [1.54, 1.807) is 18.2 Å². The first kappa shape index (κ1) is 62.1. The maximum Gasteiger partial charge on any atom is 0.406 e. The van der Waals surface area contributed by atoms with Gasteiger partial charge in [-0.15, -0.1) is 11.3 Å². The molecule has 28 heteroatoms. The van der Waals surface area contributed by atoms with Crippen molar-refractivity contribution in [2.24, 2.45) is 11.7 Å². The minimum Gasteiger partial charge on any atom is -0.428 e. The van der Waals surface area contributed by atoms with E-state index in [1.807, 2.05) is 16.7 Å². The van der Waals surface area contributed by atoms with Crippen molar-refractivity contribution in [2.45, 2.75) is 125 Å². The van der Waals surface area contributed by atoms with Crippen LogP contribution in [-0.4, -0.2) is 159 Å². The van der Waals surface area contributed by atoms with Crippen LogP contribution in [0.2, 0.25) is 0 Å². The summed E-state index contributed by atoms with van der Waals surface area (Å²) in [5.74, 6) is 0.609. The number of halogens is 4. The van der Waals surface area contributed by atoms with Crippen molar-refractivity contribution in [1.29, 1.82) is 0 Å². The molecule has 4 saturated heterocycles. The summed E-state index contributed by atoms with van der Waals surface area (Å²) in [5, 5.41) is 10.5. The lowest BCUT2D eigenvalue weighted by atomic mass is 9.89. The molecule has 452 valence electrons. The lowest BCUT2D eigenvalue weighted by Gasteiger charge is -2.41. The van der Waals surface area contributed by atoms with Crippen LogP contribution in [0.5, 0.6) is 0 Å². The summed E-state index contributed by atoms with van der Waals surface area (Å²) in [6.45, 7) is 3.58. The quantitative estimate of drug-likeness (QED) is 0.0175. The third-order valence-electron chi connectivity index (χ3n) is 16.5. The van der Waals surface area contributed by atoms with Crippen molar-refractivity contribution in [3.8, 4) is 11.8 Å². The Hall–Kier alpha value is -7.44. The van der Waals surface area contributed by atoms with Gasteiger partial charge in [-0.1, -0.05) is 37.0 Å². The molecule has 7 amide bonds. The number of likely N-dealkylation sites (tertiary alicyclic amines) is 1. The standard InChI is InChI=1S/C57H62F4N9O13PS/c1-2-67-21-20-36-12-14-45(70(36)55(78)41(28-67)63-52(76)47-26-34-24-35(11-16-46(34)85-47)57(60,61)84(80,81)82)51(75)64-43(30-72)53(83-56(62)79)65-42(29-71)49(33-10-13-39(58)40(59)25-33)68-22-18-31(19-23-68)6-3-4-7-32-8-5-9-37-38(32)27-69(54(37)77)44-15-17-48(73)66-50(44)74/h5,8-11,13,16,24-26,29-31,36,41-45,49,53,65H,2-3,6,12,14-15,17-23,27-28H2,1H3,(H2,62,79)(H,63,76)(H,64,75)(H,66,73,74)(H2,80,81,82)/t36-,41+,42-,43-,44?,45+,49?,53?/m1/s1. The summed E-state index contributed by atoms with van der Waals surface area (Å²) in [5.41, 5.74) is 1.94. The number of hydrogen-bond acceptors (Lipinski definition) is 15. The van der Waals surface area contributed by atoms with Crippen LogP contribution >= 0.6 is 18.9 Å². The maximum atomic E-state index is 15.0. The second-order valence-corrected chi connectivity index (χ2v) is 24.4. The minimum atomic E-state index is -5.90. The number of rotatable bonds is 19. The second-order valence-electron chi connectivity index (χ2n) is 21.7. The van der Waals surface area contributed by atoms with Crippen molar-refractivity contribution >= 4 is 83.1 Å². The number of nitrogens with two attached hydrogens (primary N) is 1. The van der Waals surface area contributed by atoms with Gasteiger partial charge in [-0.25, -0.2) is 13.6 Å². The van der Waals surface area contributed by atoms with Crippen molar-refractivity contribution in [1.82, 2.24) is 40.9 Å². The van der Waals surface area contributed by atoms with Crippen molar-refractivity contribution in [2.75, 3.05) is 32.7 Å². The maximum absolute atomic E-state index is 15.0. The molecule has 8 atom stereocenters. The van der Waals surface area contributed by atoms with Crippen LogP contribution in [0.1, 0.15) is 113 Å². The van der Waals surface area contributed by atoms with Gasteiger partial charge in [0, 0.05) is 59.9 Å². The zero-order valence-electron chi connectivity index (χ0n) is 45.8. The lowest BCUT2D eigenvalue weighted by Crippen LogP contribution is -2.63. The van der Waals surface area contributed by atoms with Gasteiger partial charge in [0.05, 0.1) is 17.0 Å². The van der Waals surface area contributed by atoms with Crippen LogP contribution in [0.4, 0.5) is 22.4 Å². The molecule has 0 radical (unpaired) electrons. The number of amides is 7. The SMILES string of the molecule is CCN1CC[C@H]2CC[C@@H](C(=O)N[C@H](C=O)C(N[C@H](C=O)C(c3ccc(F)c(F)c3)N3CCC(CCC#Cc4cccc5c4CN(C4CCC(=O)NC4=O)C5=O)CC3)OC(N)=O)N2C(=O)[C@@H](NC(=O)c2cc3cc(C(F)(F)P(=O)(O)O)ccc3s2)C1. The summed E-state index contributed by atoms with van der Waals surface area (Å²) < 4.78 is 75.9. The fourth-order valence-corrected chi connectivity index (χ4v) is 13.4. The Kier molecular flexibility index (Phi) is 19.0. The Morgan fingerprint density at radius 1 is 0.941 bits per heavy atom. The number of aldehydes is 2. The summed E-state index contributed by atoms with van der Waals surface area (Å²) in [4.78, 5) is 145. The van der Waals surface area contributed by atoms with Crippen LogP contribution in [0.15, 0.2) is 60.7 Å². The fraction of sp³-hybridized carbons (Fsp3) is 0.456. The van der Waals surface area contributed by atoms with E-state index in [2.05, 4.69) is 33.1 Å². The van der Waals surface area contributed by atoms with E-state index in [0.29, 0.717) is 92.4 Å². The number of alkyl halides is 2. The first-order valence-electron chi connectivity index (χ1n) is 27.7. The zero-order valence-corrected chi connectivity index (χ0v) is 47.6. The van der Waals surface area contributed by atoms with Gasteiger partial charge < -0.3 is 55.2 Å². The topological polar surface area (TPSA) is 307 Å². The summed E-state index contributed by atoms with van der Waals surface area (Å²) >= 11 is 0.884. The van der Waals surface area contributed by atoms with Gasteiger partial charge in [0.1, 0.15) is 36.7 Å². The van der Waals surface area contributed by atoms with Crippen LogP contribution in [-0.2, 0) is 50.3 Å². The predicted octanol–water partition coefficient (Wildman–Crippen LogP) is 3.90. The zero-order chi connectivity index (χ0) is 61.1. The van der Waals surface area contributed by atoms with E-state index in [9.17, 15) is 70.7 Å². The molecule has 6 heterocycles. The number of carbonyl (C=O) groups excluding carboxylic acids is 9. The molecule has 22 nitrogen and oxygen atoms in total. The third-order valence-corrected chi connectivity index (χ3v) is 18.6. The van der Waals surface area contributed by atoms with E-state index in [-0.39, 0.29) is 72.2 Å². The van der Waals surface area contributed by atoms with Crippen LogP contribution < -0.4 is 27.0 Å². The number of nitrogens with one attached hydrogen (secondary N) is 4. The van der Waals surface area contributed by atoms with Crippen molar-refractivity contribution in [3.63, 3.8) is 0 Å². The molecule has 3 unspecified atom stereocenters. The van der Waals surface area contributed by atoms with Gasteiger partial charge in [-0.3, -0.25) is 48.9 Å². The third kappa shape index (κ3) is 13.5. The van der Waals surface area contributed by atoms with Gasteiger partial charge in [0.25, 0.3) is 11.8 Å². The summed E-state index contributed by atoms with van der Waals surface area (Å²) in [6, 6.07) is 4.34. The highest BCUT2D eigenvalue weighted by Crippen LogP contribution is 2.59. The number of hydrogen-bond donors (Lipinski definition) is 7. The van der Waals surface area contributed by atoms with Crippen LogP contribution in [0.25, 0.3) is 10.1 Å². The first-order valence-corrected chi connectivity index (χ1v) is 30.1. The number of primary amides is 1. The van der Waals surface area contributed by atoms with E-state index in [1.165, 1.54) is 28.0 Å². The molecule has 0 aliphatic carbocycles. The molecular formula is C57H62F4N9O13PS. The Morgan fingerprint density at radius 2 is 1.69 bits per heavy atom. The van der Waals surface area contributed by atoms with Gasteiger partial charge >= 0.3 is 19.4 Å². The Labute approximate surface area is 488 Å². The van der Waals surface area contributed by atoms with E-state index >= 15 is 4.39 Å². The number of ether oxygens (including phenoxy) is 1. The number of benzene rings is 3. The Morgan fingerprint density at radius 3 is 2.38 bits per heavy atom. The van der Waals surface area contributed by atoms with Gasteiger partial charge in [-0.2, -0.15) is 8.78 Å². The normalized spacial score (nSPS) is 22.2. The number of carbonyl (C=O) groups is 9. The molecular weight excluding hydrogens is 1160 g/mol. The average molecular weight is 1220 g/mol. The molecule has 1 aromatic heterocycles.